The number of nitrogens with zero attached hydrogens (tertiary/aromatic N) is 2. The molecule has 0 unspecified atom stereocenters. The Hall–Kier alpha value is -2.56. The summed E-state index contributed by atoms with van der Waals surface area (Å²) in [6.45, 7) is 2.64. The monoisotopic (exact) mass is 342 g/mol. The van der Waals surface area contributed by atoms with E-state index in [1.54, 1.807) is 0 Å². The number of fused-ring (bicyclic) bond motifs is 1. The Bertz CT molecular complexity index is 907. The van der Waals surface area contributed by atoms with Crippen LogP contribution in [-0.2, 0) is 0 Å². The summed E-state index contributed by atoms with van der Waals surface area (Å²) in [5.41, 5.74) is 7.80. The predicted octanol–water partition coefficient (Wildman–Crippen LogP) is 3.50. The smallest absolute Gasteiger partial charge is 0.146 e. The van der Waals surface area contributed by atoms with Crippen molar-refractivity contribution in [3.8, 4) is 17.4 Å². The molecular weight excluding hydrogens is 324 g/mol. The first kappa shape index (κ1) is 16.3. The van der Waals surface area contributed by atoms with Gasteiger partial charge in [-0.1, -0.05) is 0 Å². The van der Waals surface area contributed by atoms with Crippen LogP contribution >= 0.6 is 11.3 Å². The van der Waals surface area contributed by atoms with E-state index in [1.807, 2.05) is 24.4 Å². The number of unbranched alkanes of at least 4 members (excludes halogenated alkanes) is 1. The van der Waals surface area contributed by atoms with Crippen molar-refractivity contribution in [3.05, 3.63) is 28.8 Å². The van der Waals surface area contributed by atoms with Gasteiger partial charge < -0.3 is 20.6 Å². The summed E-state index contributed by atoms with van der Waals surface area (Å²) < 4.78 is 5.75. The number of aromatic nitrogens is 1. The minimum atomic E-state index is 0.150. The molecule has 7 heteroatoms. The second kappa shape index (κ2) is 6.91. The molecule has 0 saturated heterocycles. The first-order valence-corrected chi connectivity index (χ1v) is 8.56. The van der Waals surface area contributed by atoms with Crippen molar-refractivity contribution in [2.24, 2.45) is 0 Å². The van der Waals surface area contributed by atoms with E-state index in [-0.39, 0.29) is 6.61 Å². The lowest BCUT2D eigenvalue weighted by molar-refractivity contribution is 0.286. The molecule has 0 aliphatic heterocycles. The van der Waals surface area contributed by atoms with Gasteiger partial charge in [0.05, 0.1) is 11.3 Å². The molecule has 0 amide bonds. The number of nitrogen functional groups attached to an aromatic ring is 1. The van der Waals surface area contributed by atoms with Crippen molar-refractivity contribution >= 4 is 33.1 Å². The third kappa shape index (κ3) is 2.94. The summed E-state index contributed by atoms with van der Waals surface area (Å²) in [5.74, 6) is 1.90. The second-order valence-corrected chi connectivity index (χ2v) is 6.32. The van der Waals surface area contributed by atoms with Crippen molar-refractivity contribution < 1.29 is 9.52 Å². The summed E-state index contributed by atoms with van der Waals surface area (Å²) in [4.78, 5) is 5.32. The number of nitriles is 1. The van der Waals surface area contributed by atoms with E-state index in [9.17, 15) is 5.26 Å². The number of anilines is 2. The van der Waals surface area contributed by atoms with E-state index in [1.165, 1.54) is 11.3 Å². The zero-order valence-corrected chi connectivity index (χ0v) is 14.1. The van der Waals surface area contributed by atoms with Crippen molar-refractivity contribution in [1.29, 1.82) is 5.26 Å². The van der Waals surface area contributed by atoms with Gasteiger partial charge in [0.15, 0.2) is 0 Å². The minimum Gasteiger partial charge on any atom is -0.461 e. The number of aliphatic hydroxyl groups excluding tert-OH is 1. The lowest BCUT2D eigenvalue weighted by Gasteiger charge is -2.11. The van der Waals surface area contributed by atoms with Gasteiger partial charge in [0, 0.05) is 23.9 Å². The lowest BCUT2D eigenvalue weighted by Crippen LogP contribution is -2.07. The summed E-state index contributed by atoms with van der Waals surface area (Å²) >= 11 is 1.44. The third-order valence-electron chi connectivity index (χ3n) is 3.73. The van der Waals surface area contributed by atoms with Gasteiger partial charge >= 0.3 is 0 Å². The van der Waals surface area contributed by atoms with Gasteiger partial charge in [0.25, 0.3) is 0 Å². The second-order valence-electron chi connectivity index (χ2n) is 5.46. The first-order chi connectivity index (χ1) is 11.7. The molecule has 0 aliphatic carbocycles. The normalized spacial score (nSPS) is 10.9. The molecule has 0 saturated carbocycles. The Balaban J connectivity index is 2.15. The largest absolute Gasteiger partial charge is 0.461 e. The minimum absolute atomic E-state index is 0.150. The third-order valence-corrected chi connectivity index (χ3v) is 4.62. The molecule has 3 rings (SSSR count). The highest BCUT2D eigenvalue weighted by Crippen LogP contribution is 2.41. The maximum absolute atomic E-state index is 9.71. The molecule has 4 N–H and O–H groups in total. The molecule has 124 valence electrons. The first-order valence-electron chi connectivity index (χ1n) is 7.68. The number of nitrogens with one attached hydrogen (secondary N) is 1. The molecule has 0 atom stereocenters. The summed E-state index contributed by atoms with van der Waals surface area (Å²) in [6.07, 6.45) is 1.50. The highest BCUT2D eigenvalue weighted by atomic mass is 32.1. The lowest BCUT2D eigenvalue weighted by atomic mass is 10.0. The molecular formula is C17H18N4O2S. The average molecular weight is 342 g/mol. The molecule has 3 heterocycles. The number of aryl methyl sites for hydroxylation is 1. The molecule has 3 aromatic heterocycles. The Morgan fingerprint density at radius 2 is 2.25 bits per heavy atom. The Morgan fingerprint density at radius 3 is 2.92 bits per heavy atom. The van der Waals surface area contributed by atoms with Gasteiger partial charge in [-0.2, -0.15) is 5.26 Å². The van der Waals surface area contributed by atoms with Crippen LogP contribution in [-0.4, -0.2) is 23.2 Å². The summed E-state index contributed by atoms with van der Waals surface area (Å²) in [5, 5.41) is 24.4. The Kier molecular flexibility index (Phi) is 4.69. The van der Waals surface area contributed by atoms with Crippen LogP contribution in [0.15, 0.2) is 21.9 Å². The highest BCUT2D eigenvalue weighted by Gasteiger charge is 2.21. The van der Waals surface area contributed by atoms with Crippen LogP contribution in [0.3, 0.4) is 0 Å². The average Bonchev–Trinajstić information content (AvgIpc) is 3.16. The molecule has 24 heavy (non-hydrogen) atoms. The van der Waals surface area contributed by atoms with Crippen molar-refractivity contribution in [2.75, 3.05) is 24.2 Å². The van der Waals surface area contributed by atoms with Gasteiger partial charge in [-0.25, -0.2) is 4.98 Å². The fraction of sp³-hybridized carbons (Fsp3) is 0.294. The molecule has 0 spiro atoms. The van der Waals surface area contributed by atoms with Crippen LogP contribution < -0.4 is 11.1 Å². The van der Waals surface area contributed by atoms with Crippen molar-refractivity contribution in [1.82, 2.24) is 4.98 Å². The number of pyridine rings is 1. The zero-order valence-electron chi connectivity index (χ0n) is 13.3. The fourth-order valence-corrected chi connectivity index (χ4v) is 3.43. The topological polar surface area (TPSA) is 108 Å². The number of rotatable bonds is 6. The number of furan rings is 1. The van der Waals surface area contributed by atoms with Gasteiger partial charge in [-0.05, 0) is 31.9 Å². The van der Waals surface area contributed by atoms with Gasteiger partial charge in [0.1, 0.15) is 33.8 Å². The number of aliphatic hydroxyl groups is 1. The van der Waals surface area contributed by atoms with Gasteiger partial charge in [0.2, 0.25) is 0 Å². The van der Waals surface area contributed by atoms with Gasteiger partial charge in [-0.3, -0.25) is 0 Å². The number of hydrogen-bond acceptors (Lipinski definition) is 7. The SMILES string of the molecule is Cc1ccc(-c2c(C#N)c(NCCCCO)nc3scc(N)c23)o1. The molecule has 0 radical (unpaired) electrons. The quantitative estimate of drug-likeness (QED) is 0.592. The predicted molar refractivity (Wildman–Crippen MR) is 96.0 cm³/mol. The molecule has 0 fully saturated rings. The van der Waals surface area contributed by atoms with Crippen molar-refractivity contribution in [2.45, 2.75) is 19.8 Å². The van der Waals surface area contributed by atoms with Crippen molar-refractivity contribution in [3.63, 3.8) is 0 Å². The van der Waals surface area contributed by atoms with Crippen LogP contribution in [0.5, 0.6) is 0 Å². The standard InChI is InChI=1S/C17H18N4O2S/c1-10-4-5-13(23-10)14-11(8-18)16(20-6-2-3-7-22)21-17-15(14)12(19)9-24-17/h4-5,9,22H,2-3,6-7,19H2,1H3,(H,20,21). The molecule has 6 nitrogen and oxygen atoms in total. The molecule has 0 aromatic carbocycles. The number of hydrogen-bond donors (Lipinski definition) is 3. The highest BCUT2D eigenvalue weighted by molar-refractivity contribution is 7.17. The number of thiophene rings is 1. The van der Waals surface area contributed by atoms with E-state index in [0.29, 0.717) is 41.4 Å². The van der Waals surface area contributed by atoms with E-state index in [4.69, 9.17) is 15.3 Å². The van der Waals surface area contributed by atoms with Crippen LogP contribution in [0.4, 0.5) is 11.5 Å². The summed E-state index contributed by atoms with van der Waals surface area (Å²) in [7, 11) is 0. The van der Waals surface area contributed by atoms with Crippen LogP contribution in [0, 0.1) is 18.3 Å². The maximum atomic E-state index is 9.71. The van der Waals surface area contributed by atoms with Crippen LogP contribution in [0.1, 0.15) is 24.2 Å². The maximum Gasteiger partial charge on any atom is 0.146 e. The van der Waals surface area contributed by atoms with E-state index in [0.717, 1.165) is 22.4 Å². The molecule has 3 aromatic rings. The van der Waals surface area contributed by atoms with Crippen LogP contribution in [0.2, 0.25) is 0 Å². The number of nitrogens with two attached hydrogens (primary N) is 1. The fourth-order valence-electron chi connectivity index (χ4n) is 2.59. The Labute approximate surface area is 143 Å². The molecule has 0 aliphatic rings. The zero-order chi connectivity index (χ0) is 17.1. The van der Waals surface area contributed by atoms with Crippen LogP contribution in [0.25, 0.3) is 21.5 Å². The molecule has 0 bridgehead atoms. The van der Waals surface area contributed by atoms with E-state index < -0.39 is 0 Å². The van der Waals surface area contributed by atoms with Gasteiger partial charge in [-0.15, -0.1) is 11.3 Å². The Morgan fingerprint density at radius 1 is 1.42 bits per heavy atom. The van der Waals surface area contributed by atoms with E-state index in [2.05, 4.69) is 16.4 Å². The van der Waals surface area contributed by atoms with E-state index >= 15 is 0 Å². The summed E-state index contributed by atoms with van der Waals surface area (Å²) in [6, 6.07) is 5.94.